The Balaban J connectivity index is 2.00. The maximum atomic E-state index is 11.8. The molecule has 0 bridgehead atoms. The minimum atomic E-state index is 0.404. The SMILES string of the molecule is CN1CCCC([S+]2CCCC2)C1=O. The molecule has 0 N–H and O–H groups in total. The third-order valence-electron chi connectivity index (χ3n) is 3.08. The highest BCUT2D eigenvalue weighted by Gasteiger charge is 2.41. The fourth-order valence-electron chi connectivity index (χ4n) is 2.26. The van der Waals surface area contributed by atoms with Gasteiger partial charge in [0.25, 0.3) is 5.91 Å². The highest BCUT2D eigenvalue weighted by molar-refractivity contribution is 7.98. The lowest BCUT2D eigenvalue weighted by Crippen LogP contribution is -2.46. The van der Waals surface area contributed by atoms with Gasteiger partial charge in [-0.15, -0.1) is 0 Å². The summed E-state index contributed by atoms with van der Waals surface area (Å²) in [6.45, 7) is 0.979. The van der Waals surface area contributed by atoms with E-state index >= 15 is 0 Å². The highest BCUT2D eigenvalue weighted by Crippen LogP contribution is 2.25. The fourth-order valence-corrected chi connectivity index (χ4v) is 5.15. The van der Waals surface area contributed by atoms with E-state index in [-0.39, 0.29) is 0 Å². The summed E-state index contributed by atoms with van der Waals surface area (Å²) in [6.07, 6.45) is 5.09. The van der Waals surface area contributed by atoms with Crippen LogP contribution in [0.1, 0.15) is 25.7 Å². The van der Waals surface area contributed by atoms with Crippen molar-refractivity contribution in [2.75, 3.05) is 25.1 Å². The summed E-state index contributed by atoms with van der Waals surface area (Å²) in [5, 5.41) is 0.404. The quantitative estimate of drug-likeness (QED) is 0.579. The van der Waals surface area contributed by atoms with Gasteiger partial charge in [-0.25, -0.2) is 0 Å². The summed E-state index contributed by atoms with van der Waals surface area (Å²) in [5.41, 5.74) is 0. The second kappa shape index (κ2) is 3.91. The van der Waals surface area contributed by atoms with E-state index in [1.807, 2.05) is 11.9 Å². The Morgan fingerprint density at radius 3 is 2.69 bits per heavy atom. The van der Waals surface area contributed by atoms with Crippen LogP contribution in [-0.2, 0) is 15.7 Å². The van der Waals surface area contributed by atoms with Gasteiger partial charge in [0.2, 0.25) is 0 Å². The van der Waals surface area contributed by atoms with Crippen LogP contribution >= 0.6 is 0 Å². The molecule has 0 aromatic rings. The zero-order valence-electron chi connectivity index (χ0n) is 8.29. The van der Waals surface area contributed by atoms with Crippen LogP contribution in [0.5, 0.6) is 0 Å². The molecule has 0 aliphatic carbocycles. The minimum absolute atomic E-state index is 0.404. The van der Waals surface area contributed by atoms with Crippen molar-refractivity contribution in [3.63, 3.8) is 0 Å². The summed E-state index contributed by atoms with van der Waals surface area (Å²) < 4.78 is 0. The van der Waals surface area contributed by atoms with Crippen molar-refractivity contribution in [1.29, 1.82) is 0 Å². The van der Waals surface area contributed by atoms with Gasteiger partial charge in [-0.2, -0.15) is 0 Å². The van der Waals surface area contributed by atoms with Crippen molar-refractivity contribution in [1.82, 2.24) is 4.90 Å². The van der Waals surface area contributed by atoms with Gasteiger partial charge >= 0.3 is 0 Å². The Morgan fingerprint density at radius 1 is 1.31 bits per heavy atom. The molecule has 1 atom stereocenters. The van der Waals surface area contributed by atoms with E-state index in [0.29, 0.717) is 22.1 Å². The Kier molecular flexibility index (Phi) is 2.82. The first kappa shape index (κ1) is 9.38. The van der Waals surface area contributed by atoms with Gasteiger partial charge in [0.15, 0.2) is 5.25 Å². The maximum Gasteiger partial charge on any atom is 0.275 e. The number of hydrogen-bond donors (Lipinski definition) is 0. The number of likely N-dealkylation sites (tertiary alicyclic amines) is 1. The van der Waals surface area contributed by atoms with Gasteiger partial charge in [0, 0.05) is 20.0 Å². The minimum Gasteiger partial charge on any atom is -0.341 e. The number of nitrogens with zero attached hydrogens (tertiary/aromatic N) is 1. The van der Waals surface area contributed by atoms with Crippen molar-refractivity contribution in [3.05, 3.63) is 0 Å². The lowest BCUT2D eigenvalue weighted by atomic mass is 10.1. The first-order valence-electron chi connectivity index (χ1n) is 5.20. The van der Waals surface area contributed by atoms with Crippen LogP contribution in [0.15, 0.2) is 0 Å². The maximum absolute atomic E-state index is 11.8. The monoisotopic (exact) mass is 200 g/mol. The second-order valence-corrected chi connectivity index (χ2v) is 6.50. The van der Waals surface area contributed by atoms with Gasteiger partial charge in [-0.1, -0.05) is 0 Å². The van der Waals surface area contributed by atoms with Crippen LogP contribution in [0.2, 0.25) is 0 Å². The van der Waals surface area contributed by atoms with E-state index in [1.165, 1.54) is 30.8 Å². The van der Waals surface area contributed by atoms with Gasteiger partial charge < -0.3 is 4.90 Å². The standard InChI is InChI=1S/C10H18NOS/c1-11-6-4-5-9(10(11)12)13-7-2-3-8-13/h9H,2-8H2,1H3/q+1. The zero-order chi connectivity index (χ0) is 9.26. The molecule has 3 heteroatoms. The first-order chi connectivity index (χ1) is 6.29. The van der Waals surface area contributed by atoms with Gasteiger partial charge in [0.05, 0.1) is 0 Å². The van der Waals surface area contributed by atoms with Crippen LogP contribution in [-0.4, -0.2) is 41.2 Å². The molecule has 74 valence electrons. The number of rotatable bonds is 1. The molecule has 2 nitrogen and oxygen atoms in total. The molecule has 0 saturated carbocycles. The molecule has 13 heavy (non-hydrogen) atoms. The molecule has 2 heterocycles. The van der Waals surface area contributed by atoms with Crippen LogP contribution in [0.4, 0.5) is 0 Å². The van der Waals surface area contributed by atoms with E-state index in [0.717, 1.165) is 13.0 Å². The second-order valence-electron chi connectivity index (χ2n) is 4.04. The average Bonchev–Trinajstić information content (AvgIpc) is 2.62. The molecule has 0 aromatic carbocycles. The Morgan fingerprint density at radius 2 is 2.00 bits per heavy atom. The summed E-state index contributed by atoms with van der Waals surface area (Å²) in [6, 6.07) is 0. The molecular formula is C10H18NOS+. The predicted molar refractivity (Wildman–Crippen MR) is 57.0 cm³/mol. The topological polar surface area (TPSA) is 20.3 Å². The third kappa shape index (κ3) is 1.85. The van der Waals surface area contributed by atoms with E-state index in [2.05, 4.69) is 0 Å². The van der Waals surface area contributed by atoms with Crippen molar-refractivity contribution >= 4 is 16.8 Å². The largest absolute Gasteiger partial charge is 0.341 e. The number of piperidine rings is 1. The van der Waals surface area contributed by atoms with Crippen LogP contribution in [0.25, 0.3) is 0 Å². The van der Waals surface area contributed by atoms with Crippen LogP contribution in [0.3, 0.4) is 0 Å². The van der Waals surface area contributed by atoms with E-state index in [9.17, 15) is 4.79 Å². The van der Waals surface area contributed by atoms with Gasteiger partial charge in [-0.05, 0) is 30.2 Å². The molecule has 0 radical (unpaired) electrons. The van der Waals surface area contributed by atoms with E-state index < -0.39 is 0 Å². The van der Waals surface area contributed by atoms with Gasteiger partial charge in [-0.3, -0.25) is 4.79 Å². The van der Waals surface area contributed by atoms with Crippen molar-refractivity contribution in [2.45, 2.75) is 30.9 Å². The summed E-state index contributed by atoms with van der Waals surface area (Å²) >= 11 is 0. The summed E-state index contributed by atoms with van der Waals surface area (Å²) in [5.74, 6) is 3.07. The lowest BCUT2D eigenvalue weighted by Gasteiger charge is -2.27. The summed E-state index contributed by atoms with van der Waals surface area (Å²) in [4.78, 5) is 13.8. The van der Waals surface area contributed by atoms with E-state index in [4.69, 9.17) is 0 Å². The van der Waals surface area contributed by atoms with Gasteiger partial charge in [0.1, 0.15) is 11.5 Å². The highest BCUT2D eigenvalue weighted by atomic mass is 32.2. The number of hydrogen-bond acceptors (Lipinski definition) is 1. The lowest BCUT2D eigenvalue weighted by molar-refractivity contribution is -0.131. The third-order valence-corrected chi connectivity index (χ3v) is 5.95. The Labute approximate surface area is 83.0 Å². The van der Waals surface area contributed by atoms with Crippen molar-refractivity contribution in [2.24, 2.45) is 0 Å². The first-order valence-corrected chi connectivity index (χ1v) is 6.83. The Hall–Kier alpha value is -0.180. The molecular weight excluding hydrogens is 182 g/mol. The van der Waals surface area contributed by atoms with Crippen molar-refractivity contribution < 1.29 is 4.79 Å². The van der Waals surface area contributed by atoms with Crippen LogP contribution < -0.4 is 0 Å². The molecule has 2 aliphatic rings. The molecule has 2 rings (SSSR count). The normalized spacial score (nSPS) is 31.3. The number of carbonyl (C=O) groups excluding carboxylic acids is 1. The smallest absolute Gasteiger partial charge is 0.275 e. The molecule has 0 spiro atoms. The molecule has 1 amide bonds. The predicted octanol–water partition coefficient (Wildman–Crippen LogP) is 1.02. The molecule has 1 unspecified atom stereocenters. The molecule has 2 aliphatic heterocycles. The van der Waals surface area contributed by atoms with E-state index in [1.54, 1.807) is 0 Å². The van der Waals surface area contributed by atoms with Crippen LogP contribution in [0, 0.1) is 0 Å². The summed E-state index contributed by atoms with van der Waals surface area (Å²) in [7, 11) is 2.40. The molecule has 2 fully saturated rings. The number of carbonyl (C=O) groups is 1. The zero-order valence-corrected chi connectivity index (χ0v) is 9.11. The average molecular weight is 200 g/mol. The molecule has 2 saturated heterocycles. The molecule has 0 aromatic heterocycles. The van der Waals surface area contributed by atoms with Crippen molar-refractivity contribution in [3.8, 4) is 0 Å². The Bertz CT molecular complexity index is 201. The number of amides is 1. The fraction of sp³-hybridized carbons (Fsp3) is 0.900.